The van der Waals surface area contributed by atoms with Crippen LogP contribution in [-0.4, -0.2) is 46.2 Å². The number of fused-ring (bicyclic) bond motifs is 1. The van der Waals surface area contributed by atoms with Crippen LogP contribution in [-0.2, 0) is 6.54 Å². The van der Waals surface area contributed by atoms with E-state index in [2.05, 4.69) is 32.0 Å². The summed E-state index contributed by atoms with van der Waals surface area (Å²) in [5, 5.41) is 11.3. The molecule has 2 aromatic carbocycles. The molecule has 0 spiro atoms. The van der Waals surface area contributed by atoms with Crippen molar-refractivity contribution >= 4 is 28.2 Å². The highest BCUT2D eigenvalue weighted by Crippen LogP contribution is 2.40. The summed E-state index contributed by atoms with van der Waals surface area (Å²) in [7, 11) is 5.62. The van der Waals surface area contributed by atoms with Crippen LogP contribution >= 0.6 is 0 Å². The van der Waals surface area contributed by atoms with Crippen LogP contribution in [0.2, 0.25) is 0 Å². The van der Waals surface area contributed by atoms with E-state index >= 15 is 0 Å². The van der Waals surface area contributed by atoms with Gasteiger partial charge in [-0.15, -0.1) is 0 Å². The highest BCUT2D eigenvalue weighted by atomic mass is 16.5. The van der Waals surface area contributed by atoms with E-state index in [9.17, 15) is 5.11 Å². The Hall–Kier alpha value is -3.58. The first-order valence-corrected chi connectivity index (χ1v) is 9.25. The molecule has 2 N–H and O–H groups in total. The Morgan fingerprint density at radius 2 is 1.86 bits per heavy atom. The summed E-state index contributed by atoms with van der Waals surface area (Å²) < 4.78 is 5.21. The fraction of sp³-hybridized carbons (Fsp3) is 0.182. The van der Waals surface area contributed by atoms with Gasteiger partial charge in [-0.2, -0.15) is 0 Å². The SMILES string of the molecule is COc1ccc(N(c2cccc(CN(C)C)c2)c2ncnc3[nH]ccc23)cc1O. The van der Waals surface area contributed by atoms with Crippen molar-refractivity contribution in [2.24, 2.45) is 0 Å². The van der Waals surface area contributed by atoms with Crippen molar-refractivity contribution in [3.05, 3.63) is 66.6 Å². The number of ether oxygens (including phenoxy) is 1. The molecule has 2 aromatic heterocycles. The molecule has 0 aliphatic rings. The third-order valence-electron chi connectivity index (χ3n) is 4.63. The molecule has 0 aliphatic carbocycles. The van der Waals surface area contributed by atoms with Crippen LogP contribution in [0.25, 0.3) is 11.0 Å². The number of phenolic OH excluding ortho intramolecular Hbond substituents is 1. The Balaban J connectivity index is 1.90. The molecule has 0 amide bonds. The van der Waals surface area contributed by atoms with E-state index < -0.39 is 0 Å². The number of methoxy groups -OCH3 is 1. The van der Waals surface area contributed by atoms with Crippen molar-refractivity contribution < 1.29 is 9.84 Å². The summed E-state index contributed by atoms with van der Waals surface area (Å²) in [4.78, 5) is 16.1. The fourth-order valence-electron chi connectivity index (χ4n) is 3.41. The van der Waals surface area contributed by atoms with Gasteiger partial charge >= 0.3 is 0 Å². The molecule has 0 radical (unpaired) electrons. The standard InChI is InChI=1S/C22H23N5O2/c1-26(2)13-15-5-4-6-16(11-15)27(17-7-8-20(29-3)19(28)12-17)22-18-9-10-23-21(18)24-14-25-22/h4-12,14,28H,13H2,1-3H3,(H,23,24,25). The van der Waals surface area contributed by atoms with Crippen molar-refractivity contribution in [3.63, 3.8) is 0 Å². The van der Waals surface area contributed by atoms with Crippen LogP contribution in [0.3, 0.4) is 0 Å². The average Bonchev–Trinajstić information content (AvgIpc) is 3.18. The second kappa shape index (κ2) is 7.81. The molecule has 0 atom stereocenters. The van der Waals surface area contributed by atoms with Crippen molar-refractivity contribution in [1.29, 1.82) is 0 Å². The normalized spacial score (nSPS) is 11.2. The number of hydrogen-bond donors (Lipinski definition) is 2. The summed E-state index contributed by atoms with van der Waals surface area (Å²) in [6, 6.07) is 15.6. The van der Waals surface area contributed by atoms with Crippen LogP contribution < -0.4 is 9.64 Å². The van der Waals surface area contributed by atoms with Crippen molar-refractivity contribution in [2.75, 3.05) is 26.1 Å². The van der Waals surface area contributed by atoms with Gasteiger partial charge in [0.1, 0.15) is 12.0 Å². The lowest BCUT2D eigenvalue weighted by Gasteiger charge is -2.26. The first-order chi connectivity index (χ1) is 14.1. The second-order valence-electron chi connectivity index (χ2n) is 7.04. The van der Waals surface area contributed by atoms with E-state index in [1.807, 2.05) is 49.5 Å². The van der Waals surface area contributed by atoms with E-state index in [0.29, 0.717) is 5.75 Å². The summed E-state index contributed by atoms with van der Waals surface area (Å²) in [5.74, 6) is 1.21. The lowest BCUT2D eigenvalue weighted by molar-refractivity contribution is 0.373. The van der Waals surface area contributed by atoms with Gasteiger partial charge < -0.3 is 19.7 Å². The maximum atomic E-state index is 10.4. The number of phenols is 1. The maximum Gasteiger partial charge on any atom is 0.160 e. The van der Waals surface area contributed by atoms with Crippen LogP contribution in [0.15, 0.2) is 61.1 Å². The predicted molar refractivity (Wildman–Crippen MR) is 114 cm³/mol. The van der Waals surface area contributed by atoms with Crippen molar-refractivity contribution in [3.8, 4) is 11.5 Å². The van der Waals surface area contributed by atoms with Crippen LogP contribution in [0, 0.1) is 0 Å². The molecule has 0 fully saturated rings. The topological polar surface area (TPSA) is 77.5 Å². The summed E-state index contributed by atoms with van der Waals surface area (Å²) in [6.07, 6.45) is 3.38. The number of nitrogens with zero attached hydrogens (tertiary/aromatic N) is 4. The number of anilines is 3. The minimum Gasteiger partial charge on any atom is -0.504 e. The molecular weight excluding hydrogens is 366 g/mol. The molecule has 2 heterocycles. The van der Waals surface area contributed by atoms with Gasteiger partial charge in [0.15, 0.2) is 17.3 Å². The monoisotopic (exact) mass is 389 g/mol. The molecule has 0 unspecified atom stereocenters. The zero-order valence-corrected chi connectivity index (χ0v) is 16.6. The van der Waals surface area contributed by atoms with Gasteiger partial charge in [-0.25, -0.2) is 9.97 Å². The number of rotatable bonds is 6. The average molecular weight is 389 g/mol. The molecule has 29 heavy (non-hydrogen) atoms. The van der Waals surface area contributed by atoms with Gasteiger partial charge in [-0.1, -0.05) is 12.1 Å². The smallest absolute Gasteiger partial charge is 0.160 e. The largest absolute Gasteiger partial charge is 0.504 e. The zero-order chi connectivity index (χ0) is 20.4. The molecule has 0 bridgehead atoms. The maximum absolute atomic E-state index is 10.4. The minimum atomic E-state index is 0.0683. The highest BCUT2D eigenvalue weighted by Gasteiger charge is 2.19. The number of benzene rings is 2. The molecular formula is C22H23N5O2. The molecule has 4 aromatic rings. The second-order valence-corrected chi connectivity index (χ2v) is 7.04. The van der Waals surface area contributed by atoms with Gasteiger partial charge in [0.05, 0.1) is 18.2 Å². The number of aromatic hydroxyl groups is 1. The summed E-state index contributed by atoms with van der Waals surface area (Å²) in [5.41, 5.74) is 3.64. The van der Waals surface area contributed by atoms with E-state index in [0.717, 1.165) is 34.8 Å². The molecule has 148 valence electrons. The van der Waals surface area contributed by atoms with E-state index in [1.165, 1.54) is 19.0 Å². The van der Waals surface area contributed by atoms with E-state index in [-0.39, 0.29) is 5.75 Å². The predicted octanol–water partition coefficient (Wildman–Crippen LogP) is 4.20. The Bertz CT molecular complexity index is 1140. The Kier molecular flexibility index (Phi) is 5.05. The molecule has 7 heteroatoms. The molecule has 0 aliphatic heterocycles. The van der Waals surface area contributed by atoms with Crippen LogP contribution in [0.4, 0.5) is 17.2 Å². The number of aromatic amines is 1. The van der Waals surface area contributed by atoms with E-state index in [1.54, 1.807) is 12.1 Å². The molecule has 0 saturated heterocycles. The fourth-order valence-corrected chi connectivity index (χ4v) is 3.41. The minimum absolute atomic E-state index is 0.0683. The Morgan fingerprint density at radius 1 is 1.03 bits per heavy atom. The van der Waals surface area contributed by atoms with Gasteiger partial charge in [-0.05, 0) is 50.0 Å². The zero-order valence-electron chi connectivity index (χ0n) is 16.6. The number of H-pyrrole nitrogens is 1. The first-order valence-electron chi connectivity index (χ1n) is 9.25. The Morgan fingerprint density at radius 3 is 2.62 bits per heavy atom. The first kappa shape index (κ1) is 18.8. The lowest BCUT2D eigenvalue weighted by atomic mass is 10.1. The van der Waals surface area contributed by atoms with Crippen molar-refractivity contribution in [2.45, 2.75) is 6.54 Å². The van der Waals surface area contributed by atoms with Crippen LogP contribution in [0.1, 0.15) is 5.56 Å². The number of nitrogens with one attached hydrogen (secondary N) is 1. The van der Waals surface area contributed by atoms with Crippen LogP contribution in [0.5, 0.6) is 11.5 Å². The lowest BCUT2D eigenvalue weighted by Crippen LogP contribution is -2.14. The molecule has 4 rings (SSSR count). The quantitative estimate of drug-likeness (QED) is 0.515. The van der Waals surface area contributed by atoms with E-state index in [4.69, 9.17) is 4.74 Å². The van der Waals surface area contributed by atoms with Gasteiger partial charge in [-0.3, -0.25) is 4.90 Å². The van der Waals surface area contributed by atoms with Gasteiger partial charge in [0.25, 0.3) is 0 Å². The summed E-state index contributed by atoms with van der Waals surface area (Å²) in [6.45, 7) is 0.818. The number of aromatic nitrogens is 3. The Labute approximate surface area is 169 Å². The molecule has 0 saturated carbocycles. The summed E-state index contributed by atoms with van der Waals surface area (Å²) >= 11 is 0. The third-order valence-corrected chi connectivity index (χ3v) is 4.63. The number of hydrogen-bond acceptors (Lipinski definition) is 6. The van der Waals surface area contributed by atoms with Gasteiger partial charge in [0.2, 0.25) is 0 Å². The highest BCUT2D eigenvalue weighted by molar-refractivity contribution is 5.93. The third kappa shape index (κ3) is 3.72. The van der Waals surface area contributed by atoms with Gasteiger partial charge in [0, 0.05) is 24.5 Å². The van der Waals surface area contributed by atoms with Crippen molar-refractivity contribution in [1.82, 2.24) is 19.9 Å². The molecule has 7 nitrogen and oxygen atoms in total.